The average molecular weight is 423 g/mol. The van der Waals surface area contributed by atoms with E-state index in [-0.39, 0.29) is 24.4 Å². The third kappa shape index (κ3) is 4.62. The Balaban J connectivity index is 1.82. The number of benzene rings is 1. The molecule has 2 aromatic rings. The summed E-state index contributed by atoms with van der Waals surface area (Å²) in [6, 6.07) is 3.53. The maximum absolute atomic E-state index is 14.0. The highest BCUT2D eigenvalue weighted by Crippen LogP contribution is 2.26. The van der Waals surface area contributed by atoms with Crippen molar-refractivity contribution in [3.63, 3.8) is 0 Å². The molecule has 0 radical (unpaired) electrons. The first-order chi connectivity index (χ1) is 13.7. The van der Waals surface area contributed by atoms with Crippen molar-refractivity contribution >= 4 is 15.9 Å². The number of halogens is 2. The molecule has 0 fully saturated rings. The second-order valence-electron chi connectivity index (χ2n) is 7.04. The zero-order valence-corrected chi connectivity index (χ0v) is 17.2. The van der Waals surface area contributed by atoms with Crippen LogP contribution in [0.3, 0.4) is 0 Å². The summed E-state index contributed by atoms with van der Waals surface area (Å²) < 4.78 is 54.0. The first-order valence-electron chi connectivity index (χ1n) is 9.40. The van der Waals surface area contributed by atoms with Gasteiger partial charge in [-0.15, -0.1) is 0 Å². The number of hydrogen-bond acceptors (Lipinski definition) is 4. The van der Waals surface area contributed by atoms with Crippen molar-refractivity contribution in [1.29, 1.82) is 0 Å². The Morgan fingerprint density at radius 3 is 2.79 bits per heavy atom. The van der Waals surface area contributed by atoms with E-state index in [1.54, 1.807) is 13.1 Å². The molecule has 1 aliphatic heterocycles. The Morgan fingerprint density at radius 1 is 1.31 bits per heavy atom. The van der Waals surface area contributed by atoms with Gasteiger partial charge < -0.3 is 4.90 Å². The number of nitrogens with zero attached hydrogens (tertiary/aromatic N) is 2. The quantitative estimate of drug-likeness (QED) is 0.775. The maximum Gasteiger partial charge on any atom is 0.257 e. The van der Waals surface area contributed by atoms with E-state index >= 15 is 0 Å². The summed E-state index contributed by atoms with van der Waals surface area (Å²) >= 11 is 0. The third-order valence-electron chi connectivity index (χ3n) is 5.01. The summed E-state index contributed by atoms with van der Waals surface area (Å²) in [6.45, 7) is 4.26. The maximum atomic E-state index is 14.0. The Kier molecular flexibility index (Phi) is 6.28. The van der Waals surface area contributed by atoms with Crippen LogP contribution in [0.2, 0.25) is 0 Å². The molecule has 29 heavy (non-hydrogen) atoms. The molecule has 9 heteroatoms. The predicted octanol–water partition coefficient (Wildman–Crippen LogP) is 2.70. The molecule has 0 bridgehead atoms. The average Bonchev–Trinajstić information content (AvgIpc) is 2.68. The van der Waals surface area contributed by atoms with E-state index < -0.39 is 27.6 Å². The van der Waals surface area contributed by atoms with Gasteiger partial charge in [0, 0.05) is 31.5 Å². The Morgan fingerprint density at radius 2 is 2.07 bits per heavy atom. The molecule has 0 atom stereocenters. The van der Waals surface area contributed by atoms with Crippen LogP contribution >= 0.6 is 0 Å². The first-order valence-corrected chi connectivity index (χ1v) is 11.1. The van der Waals surface area contributed by atoms with Crippen LogP contribution in [0.15, 0.2) is 24.4 Å². The molecule has 1 aromatic carbocycles. The van der Waals surface area contributed by atoms with E-state index in [2.05, 4.69) is 9.71 Å². The van der Waals surface area contributed by atoms with Crippen molar-refractivity contribution in [1.82, 2.24) is 14.6 Å². The lowest BCUT2D eigenvalue weighted by molar-refractivity contribution is 0.0728. The summed E-state index contributed by atoms with van der Waals surface area (Å²) in [5, 5.41) is 0. The minimum Gasteiger partial charge on any atom is -0.334 e. The van der Waals surface area contributed by atoms with Gasteiger partial charge in [0.2, 0.25) is 10.0 Å². The van der Waals surface area contributed by atoms with Crippen LogP contribution in [0, 0.1) is 18.6 Å². The number of rotatable bonds is 6. The topological polar surface area (TPSA) is 79.4 Å². The highest BCUT2D eigenvalue weighted by atomic mass is 32.2. The normalized spacial score (nSPS) is 14.0. The van der Waals surface area contributed by atoms with Crippen molar-refractivity contribution < 1.29 is 22.0 Å². The zero-order chi connectivity index (χ0) is 21.2. The summed E-state index contributed by atoms with van der Waals surface area (Å²) in [4.78, 5) is 18.4. The van der Waals surface area contributed by atoms with E-state index in [0.717, 1.165) is 28.5 Å². The van der Waals surface area contributed by atoms with Crippen LogP contribution in [0.1, 0.15) is 46.1 Å². The molecular weight excluding hydrogens is 400 g/mol. The molecule has 2 heterocycles. The standard InChI is InChI=1S/C20H23F2N3O3S/c1-3-9-29(27,28)24-11-17-13(2)23-10-14-12-25(8-7-15(14)17)20(26)16-5-4-6-18(21)19(16)22/h4-6,10,24H,3,7-9,11-12H2,1-2H3. The van der Waals surface area contributed by atoms with Crippen molar-refractivity contribution in [3.05, 3.63) is 64.0 Å². The predicted molar refractivity (Wildman–Crippen MR) is 105 cm³/mol. The van der Waals surface area contributed by atoms with E-state index in [4.69, 9.17) is 0 Å². The summed E-state index contributed by atoms with van der Waals surface area (Å²) in [7, 11) is -3.36. The minimum absolute atomic E-state index is 0.0516. The molecular formula is C20H23F2N3O3S. The largest absolute Gasteiger partial charge is 0.334 e. The van der Waals surface area contributed by atoms with Gasteiger partial charge in [-0.1, -0.05) is 13.0 Å². The zero-order valence-electron chi connectivity index (χ0n) is 16.3. The first kappa shape index (κ1) is 21.3. The number of aryl methyl sites for hydroxylation is 1. The molecule has 6 nitrogen and oxygen atoms in total. The van der Waals surface area contributed by atoms with E-state index in [0.29, 0.717) is 19.4 Å². The van der Waals surface area contributed by atoms with Crippen LogP contribution in [-0.4, -0.2) is 36.5 Å². The number of carbonyl (C=O) groups is 1. The van der Waals surface area contributed by atoms with E-state index in [1.165, 1.54) is 17.0 Å². The van der Waals surface area contributed by atoms with Gasteiger partial charge in [0.1, 0.15) is 0 Å². The van der Waals surface area contributed by atoms with Crippen LogP contribution < -0.4 is 4.72 Å². The van der Waals surface area contributed by atoms with Gasteiger partial charge in [-0.3, -0.25) is 9.78 Å². The summed E-state index contributed by atoms with van der Waals surface area (Å²) in [5.74, 6) is -2.75. The fraction of sp³-hybridized carbons (Fsp3) is 0.400. The van der Waals surface area contributed by atoms with Gasteiger partial charge in [-0.05, 0) is 48.6 Å². The minimum atomic E-state index is -3.36. The van der Waals surface area contributed by atoms with Gasteiger partial charge in [-0.2, -0.15) is 0 Å². The van der Waals surface area contributed by atoms with Gasteiger partial charge in [0.05, 0.1) is 11.3 Å². The molecule has 3 rings (SSSR count). The number of carbonyl (C=O) groups excluding carboxylic acids is 1. The highest BCUT2D eigenvalue weighted by molar-refractivity contribution is 7.89. The Hall–Kier alpha value is -2.39. The molecule has 0 aliphatic carbocycles. The van der Waals surface area contributed by atoms with Crippen LogP contribution in [0.25, 0.3) is 0 Å². The number of amides is 1. The van der Waals surface area contributed by atoms with E-state index in [9.17, 15) is 22.0 Å². The van der Waals surface area contributed by atoms with Gasteiger partial charge in [0.15, 0.2) is 11.6 Å². The molecule has 1 aromatic heterocycles. The fourth-order valence-corrected chi connectivity index (χ4v) is 4.54. The summed E-state index contributed by atoms with van der Waals surface area (Å²) in [5.41, 5.74) is 2.93. The van der Waals surface area contributed by atoms with Crippen molar-refractivity contribution in [2.45, 2.75) is 39.8 Å². The summed E-state index contributed by atoms with van der Waals surface area (Å²) in [6.07, 6.45) is 2.65. The molecule has 0 unspecified atom stereocenters. The smallest absolute Gasteiger partial charge is 0.257 e. The molecule has 0 spiro atoms. The lowest BCUT2D eigenvalue weighted by Crippen LogP contribution is -2.37. The molecule has 1 N–H and O–H groups in total. The van der Waals surface area contributed by atoms with Gasteiger partial charge >= 0.3 is 0 Å². The number of aromatic nitrogens is 1. The Labute approximate surface area is 169 Å². The fourth-order valence-electron chi connectivity index (χ4n) is 3.49. The van der Waals surface area contributed by atoms with Crippen molar-refractivity contribution in [2.75, 3.05) is 12.3 Å². The lowest BCUT2D eigenvalue weighted by atomic mass is 9.94. The van der Waals surface area contributed by atoms with Gasteiger partial charge in [0.25, 0.3) is 5.91 Å². The molecule has 1 amide bonds. The Bertz CT molecular complexity index is 1040. The SMILES string of the molecule is CCCS(=O)(=O)NCc1c(C)ncc2c1CCN(C(=O)c1cccc(F)c1F)C2. The van der Waals surface area contributed by atoms with Crippen LogP contribution in [-0.2, 0) is 29.5 Å². The number of sulfonamides is 1. The molecule has 1 aliphatic rings. The number of hydrogen-bond donors (Lipinski definition) is 1. The van der Waals surface area contributed by atoms with Gasteiger partial charge in [-0.25, -0.2) is 21.9 Å². The van der Waals surface area contributed by atoms with Crippen molar-refractivity contribution in [2.24, 2.45) is 0 Å². The van der Waals surface area contributed by atoms with Crippen LogP contribution in [0.4, 0.5) is 8.78 Å². The molecule has 0 saturated heterocycles. The van der Waals surface area contributed by atoms with E-state index in [1.807, 2.05) is 6.92 Å². The second-order valence-corrected chi connectivity index (χ2v) is 8.97. The van der Waals surface area contributed by atoms with Crippen LogP contribution in [0.5, 0.6) is 0 Å². The lowest BCUT2D eigenvalue weighted by Gasteiger charge is -2.30. The molecule has 156 valence electrons. The van der Waals surface area contributed by atoms with Crippen molar-refractivity contribution in [3.8, 4) is 0 Å². The number of pyridine rings is 1. The number of nitrogens with one attached hydrogen (secondary N) is 1. The second kappa shape index (κ2) is 8.54. The monoisotopic (exact) mass is 423 g/mol. The third-order valence-corrected chi connectivity index (χ3v) is 6.54. The number of fused-ring (bicyclic) bond motifs is 1. The molecule has 0 saturated carbocycles. The highest BCUT2D eigenvalue weighted by Gasteiger charge is 2.27.